The maximum atomic E-state index is 12.3. The van der Waals surface area contributed by atoms with E-state index >= 15 is 0 Å². The fraction of sp³-hybridized carbons (Fsp3) is 0.571. The van der Waals surface area contributed by atoms with Crippen LogP contribution in [0.25, 0.3) is 0 Å². The molecule has 104 valence electrons. The molecule has 1 aliphatic rings. The van der Waals surface area contributed by atoms with Crippen molar-refractivity contribution in [1.29, 1.82) is 0 Å². The molecule has 0 radical (unpaired) electrons. The Kier molecular flexibility index (Phi) is 4.37. The second-order valence-corrected chi connectivity index (χ2v) is 5.06. The highest BCUT2D eigenvalue weighted by molar-refractivity contribution is 5.92. The van der Waals surface area contributed by atoms with Crippen LogP contribution in [0.5, 0.6) is 0 Å². The molecule has 0 spiro atoms. The van der Waals surface area contributed by atoms with Crippen LogP contribution in [-0.4, -0.2) is 53.4 Å². The number of piperidine rings is 1. The number of pyridine rings is 1. The van der Waals surface area contributed by atoms with Crippen LogP contribution in [0.1, 0.15) is 30.3 Å². The summed E-state index contributed by atoms with van der Waals surface area (Å²) < 4.78 is 0. The molecule has 1 saturated heterocycles. The van der Waals surface area contributed by atoms with Crippen molar-refractivity contribution in [3.05, 3.63) is 24.0 Å². The molecule has 0 saturated carbocycles. The predicted octanol–water partition coefficient (Wildman–Crippen LogP) is 1.22. The molecule has 19 heavy (non-hydrogen) atoms. The number of aromatic nitrogens is 1. The lowest BCUT2D eigenvalue weighted by atomic mass is 10.0. The maximum absolute atomic E-state index is 12.3. The van der Waals surface area contributed by atoms with Gasteiger partial charge in [-0.05, 0) is 31.5 Å². The SMILES string of the molecule is CCN1CCC(N(C)C(=O)c2ccc(N)cn2)CC1. The number of nitrogens with two attached hydrogens (primary N) is 1. The predicted molar refractivity (Wildman–Crippen MR) is 75.9 cm³/mol. The summed E-state index contributed by atoms with van der Waals surface area (Å²) in [7, 11) is 1.87. The van der Waals surface area contributed by atoms with Crippen molar-refractivity contribution in [2.24, 2.45) is 0 Å². The van der Waals surface area contributed by atoms with Crippen LogP contribution >= 0.6 is 0 Å². The van der Waals surface area contributed by atoms with Crippen molar-refractivity contribution in [3.8, 4) is 0 Å². The van der Waals surface area contributed by atoms with Crippen LogP contribution < -0.4 is 5.73 Å². The molecule has 1 amide bonds. The number of anilines is 1. The first-order valence-corrected chi connectivity index (χ1v) is 6.83. The molecule has 0 unspecified atom stereocenters. The van der Waals surface area contributed by atoms with Crippen molar-refractivity contribution in [2.45, 2.75) is 25.8 Å². The van der Waals surface area contributed by atoms with Crippen LogP contribution in [0, 0.1) is 0 Å². The van der Waals surface area contributed by atoms with Crippen LogP contribution in [0.15, 0.2) is 18.3 Å². The number of carbonyl (C=O) groups is 1. The van der Waals surface area contributed by atoms with Crippen LogP contribution in [0.4, 0.5) is 5.69 Å². The largest absolute Gasteiger partial charge is 0.397 e. The van der Waals surface area contributed by atoms with Crippen molar-refractivity contribution in [3.63, 3.8) is 0 Å². The van der Waals surface area contributed by atoms with E-state index in [4.69, 9.17) is 5.73 Å². The zero-order valence-corrected chi connectivity index (χ0v) is 11.7. The third-order valence-electron chi connectivity index (χ3n) is 3.88. The fourth-order valence-electron chi connectivity index (χ4n) is 2.50. The van der Waals surface area contributed by atoms with E-state index in [9.17, 15) is 4.79 Å². The van der Waals surface area contributed by atoms with Crippen molar-refractivity contribution >= 4 is 11.6 Å². The van der Waals surface area contributed by atoms with E-state index in [0.717, 1.165) is 32.5 Å². The van der Waals surface area contributed by atoms with Gasteiger partial charge in [0.1, 0.15) is 5.69 Å². The van der Waals surface area contributed by atoms with Crippen molar-refractivity contribution < 1.29 is 4.79 Å². The Labute approximate surface area is 114 Å². The maximum Gasteiger partial charge on any atom is 0.272 e. The molecule has 5 nitrogen and oxygen atoms in total. The first-order valence-electron chi connectivity index (χ1n) is 6.83. The number of amides is 1. The zero-order chi connectivity index (χ0) is 13.8. The van der Waals surface area contributed by atoms with E-state index in [1.165, 1.54) is 6.20 Å². The minimum Gasteiger partial charge on any atom is -0.397 e. The summed E-state index contributed by atoms with van der Waals surface area (Å²) >= 11 is 0. The minimum atomic E-state index is -0.0186. The van der Waals surface area contributed by atoms with E-state index in [-0.39, 0.29) is 5.91 Å². The van der Waals surface area contributed by atoms with Gasteiger partial charge in [0.15, 0.2) is 0 Å². The summed E-state index contributed by atoms with van der Waals surface area (Å²) in [6.45, 7) is 5.39. The lowest BCUT2D eigenvalue weighted by Crippen LogP contribution is -2.45. The van der Waals surface area contributed by atoms with Gasteiger partial charge in [0.05, 0.1) is 11.9 Å². The molecule has 0 bridgehead atoms. The first-order chi connectivity index (χ1) is 9.11. The molecule has 1 aromatic rings. The van der Waals surface area contributed by atoms with Gasteiger partial charge in [-0.15, -0.1) is 0 Å². The third kappa shape index (κ3) is 3.23. The van der Waals surface area contributed by atoms with Gasteiger partial charge < -0.3 is 15.5 Å². The first kappa shape index (κ1) is 13.8. The second-order valence-electron chi connectivity index (χ2n) is 5.06. The van der Waals surface area contributed by atoms with Crippen molar-refractivity contribution in [2.75, 3.05) is 32.4 Å². The molecule has 1 aliphatic heterocycles. The van der Waals surface area contributed by atoms with Crippen LogP contribution in [0.3, 0.4) is 0 Å². The number of nitrogen functional groups attached to an aromatic ring is 1. The monoisotopic (exact) mass is 262 g/mol. The van der Waals surface area contributed by atoms with Gasteiger partial charge in [-0.2, -0.15) is 0 Å². The lowest BCUT2D eigenvalue weighted by Gasteiger charge is -2.36. The van der Waals surface area contributed by atoms with Gasteiger partial charge in [-0.1, -0.05) is 6.92 Å². The number of nitrogens with zero attached hydrogens (tertiary/aromatic N) is 3. The Morgan fingerprint density at radius 1 is 1.47 bits per heavy atom. The summed E-state index contributed by atoms with van der Waals surface area (Å²) in [6, 6.07) is 3.72. The topological polar surface area (TPSA) is 62.5 Å². The highest BCUT2D eigenvalue weighted by atomic mass is 16.2. The molecule has 2 heterocycles. The summed E-state index contributed by atoms with van der Waals surface area (Å²) in [5.74, 6) is -0.0186. The summed E-state index contributed by atoms with van der Waals surface area (Å²) in [5, 5.41) is 0. The Morgan fingerprint density at radius 2 is 2.16 bits per heavy atom. The van der Waals surface area contributed by atoms with Crippen LogP contribution in [0.2, 0.25) is 0 Å². The molecular formula is C14H22N4O. The van der Waals surface area contributed by atoms with E-state index in [1.807, 2.05) is 11.9 Å². The van der Waals surface area contributed by atoms with Gasteiger partial charge in [-0.3, -0.25) is 4.79 Å². The standard InChI is InChI=1S/C14H22N4O/c1-3-18-8-6-12(7-9-18)17(2)14(19)13-5-4-11(15)10-16-13/h4-5,10,12H,3,6-9,15H2,1-2H3. The molecule has 1 fully saturated rings. The van der Waals surface area contributed by atoms with E-state index in [0.29, 0.717) is 17.4 Å². The summed E-state index contributed by atoms with van der Waals surface area (Å²) in [4.78, 5) is 20.7. The van der Waals surface area contributed by atoms with Crippen LogP contribution in [-0.2, 0) is 0 Å². The molecular weight excluding hydrogens is 240 g/mol. The molecule has 1 aromatic heterocycles. The molecule has 0 atom stereocenters. The number of likely N-dealkylation sites (tertiary alicyclic amines) is 1. The van der Waals surface area contributed by atoms with Gasteiger partial charge in [0.25, 0.3) is 5.91 Å². The molecule has 0 aromatic carbocycles. The normalized spacial score (nSPS) is 17.4. The molecule has 5 heteroatoms. The summed E-state index contributed by atoms with van der Waals surface area (Å²) in [6.07, 6.45) is 3.59. The molecule has 0 aliphatic carbocycles. The van der Waals surface area contributed by atoms with Crippen molar-refractivity contribution in [1.82, 2.24) is 14.8 Å². The smallest absolute Gasteiger partial charge is 0.272 e. The Bertz CT molecular complexity index is 424. The molecule has 2 rings (SSSR count). The van der Waals surface area contributed by atoms with Gasteiger partial charge in [-0.25, -0.2) is 4.98 Å². The van der Waals surface area contributed by atoms with Gasteiger partial charge >= 0.3 is 0 Å². The number of hydrogen-bond donors (Lipinski definition) is 1. The Morgan fingerprint density at radius 3 is 2.68 bits per heavy atom. The Hall–Kier alpha value is -1.62. The van der Waals surface area contributed by atoms with E-state index in [1.54, 1.807) is 12.1 Å². The average Bonchev–Trinajstić information content (AvgIpc) is 2.46. The minimum absolute atomic E-state index is 0.0186. The van der Waals surface area contributed by atoms with Gasteiger partial charge in [0.2, 0.25) is 0 Å². The number of hydrogen-bond acceptors (Lipinski definition) is 4. The number of carbonyl (C=O) groups excluding carboxylic acids is 1. The lowest BCUT2D eigenvalue weighted by molar-refractivity contribution is 0.0641. The molecule has 2 N–H and O–H groups in total. The Balaban J connectivity index is 1.98. The van der Waals surface area contributed by atoms with E-state index in [2.05, 4.69) is 16.8 Å². The number of rotatable bonds is 3. The average molecular weight is 262 g/mol. The van der Waals surface area contributed by atoms with Gasteiger partial charge in [0, 0.05) is 26.2 Å². The fourth-order valence-corrected chi connectivity index (χ4v) is 2.50. The summed E-state index contributed by atoms with van der Waals surface area (Å²) in [5.41, 5.74) is 6.63. The zero-order valence-electron chi connectivity index (χ0n) is 11.7. The third-order valence-corrected chi connectivity index (χ3v) is 3.88. The highest BCUT2D eigenvalue weighted by Crippen LogP contribution is 2.17. The van der Waals surface area contributed by atoms with E-state index < -0.39 is 0 Å². The second kappa shape index (κ2) is 6.02. The quantitative estimate of drug-likeness (QED) is 0.889. The highest BCUT2D eigenvalue weighted by Gasteiger charge is 2.25.